The third-order valence-corrected chi connectivity index (χ3v) is 4.06. The molecule has 1 aromatic heterocycles. The summed E-state index contributed by atoms with van der Waals surface area (Å²) in [5.74, 6) is -0.0407. The van der Waals surface area contributed by atoms with Gasteiger partial charge in [-0.25, -0.2) is 9.59 Å². The second-order valence-corrected chi connectivity index (χ2v) is 5.92. The number of ether oxygens (including phenoxy) is 2. The van der Waals surface area contributed by atoms with Crippen LogP contribution in [0.3, 0.4) is 0 Å². The molecule has 0 spiro atoms. The average Bonchev–Trinajstić information content (AvgIpc) is 2.95. The monoisotopic (exact) mass is 377 g/mol. The molecule has 4 unspecified atom stereocenters. The zero-order chi connectivity index (χ0) is 19.4. The van der Waals surface area contributed by atoms with Crippen molar-refractivity contribution in [2.75, 3.05) is 11.9 Å². The number of hydrogen-bond donors (Lipinski definition) is 4. The van der Waals surface area contributed by atoms with Crippen LogP contribution in [0.2, 0.25) is 0 Å². The SMILES string of the molecule is O=C(Nc1ccn(C2OC(CO)C(O)C2O)c(=O)n1)OCc1ccccc1. The molecule has 4 N–H and O–H groups in total. The molecule has 1 amide bonds. The van der Waals surface area contributed by atoms with Gasteiger partial charge in [0.05, 0.1) is 6.61 Å². The van der Waals surface area contributed by atoms with Crippen LogP contribution in [0.15, 0.2) is 47.4 Å². The minimum atomic E-state index is -1.41. The largest absolute Gasteiger partial charge is 0.444 e. The lowest BCUT2D eigenvalue weighted by Gasteiger charge is -2.17. The second kappa shape index (κ2) is 8.27. The first-order valence-corrected chi connectivity index (χ1v) is 8.19. The Morgan fingerprint density at radius 3 is 2.59 bits per heavy atom. The van der Waals surface area contributed by atoms with Gasteiger partial charge in [0.25, 0.3) is 0 Å². The lowest BCUT2D eigenvalue weighted by molar-refractivity contribution is -0.0549. The van der Waals surface area contributed by atoms with Crippen LogP contribution in [0, 0.1) is 0 Å². The van der Waals surface area contributed by atoms with E-state index in [1.54, 1.807) is 12.1 Å². The molecule has 10 heteroatoms. The normalized spacial score (nSPS) is 24.6. The molecule has 0 bridgehead atoms. The van der Waals surface area contributed by atoms with Crippen LogP contribution < -0.4 is 11.0 Å². The first-order chi connectivity index (χ1) is 13.0. The van der Waals surface area contributed by atoms with Crippen LogP contribution >= 0.6 is 0 Å². The van der Waals surface area contributed by atoms with Crippen LogP contribution in [0.5, 0.6) is 0 Å². The Bertz CT molecular complexity index is 842. The summed E-state index contributed by atoms with van der Waals surface area (Å²) in [6.45, 7) is -0.448. The summed E-state index contributed by atoms with van der Waals surface area (Å²) in [6.07, 6.45) is -4.48. The van der Waals surface area contributed by atoms with E-state index in [-0.39, 0.29) is 12.4 Å². The number of aromatic nitrogens is 2. The van der Waals surface area contributed by atoms with Crippen molar-refractivity contribution in [3.63, 3.8) is 0 Å². The first kappa shape index (κ1) is 19.0. The number of rotatable bonds is 5. The molecule has 1 aromatic carbocycles. The fourth-order valence-electron chi connectivity index (χ4n) is 2.65. The third-order valence-electron chi connectivity index (χ3n) is 4.06. The van der Waals surface area contributed by atoms with Crippen molar-refractivity contribution < 1.29 is 29.6 Å². The Kier molecular flexibility index (Phi) is 5.81. The highest BCUT2D eigenvalue weighted by molar-refractivity contribution is 5.83. The predicted molar refractivity (Wildman–Crippen MR) is 91.8 cm³/mol. The third kappa shape index (κ3) is 4.31. The molecule has 1 aliphatic heterocycles. The van der Waals surface area contributed by atoms with Gasteiger partial charge in [-0.15, -0.1) is 0 Å². The van der Waals surface area contributed by atoms with Crippen LogP contribution in [0.4, 0.5) is 10.6 Å². The van der Waals surface area contributed by atoms with E-state index in [0.29, 0.717) is 0 Å². The number of benzene rings is 1. The molecule has 10 nitrogen and oxygen atoms in total. The van der Waals surface area contributed by atoms with Crippen molar-refractivity contribution in [3.8, 4) is 0 Å². The van der Waals surface area contributed by atoms with Crippen molar-refractivity contribution in [2.24, 2.45) is 0 Å². The Balaban J connectivity index is 1.63. The summed E-state index contributed by atoms with van der Waals surface area (Å²) in [6, 6.07) is 10.4. The van der Waals surface area contributed by atoms with Crippen molar-refractivity contribution in [1.29, 1.82) is 0 Å². The summed E-state index contributed by atoms with van der Waals surface area (Å²) in [5, 5.41) is 31.2. The summed E-state index contributed by atoms with van der Waals surface area (Å²) >= 11 is 0. The number of nitrogens with one attached hydrogen (secondary N) is 1. The van der Waals surface area contributed by atoms with Crippen molar-refractivity contribution in [1.82, 2.24) is 9.55 Å². The van der Waals surface area contributed by atoms with Crippen LogP contribution in [-0.2, 0) is 16.1 Å². The zero-order valence-corrected chi connectivity index (χ0v) is 14.1. The van der Waals surface area contributed by atoms with Gasteiger partial charge in [0.2, 0.25) is 0 Å². The molecular weight excluding hydrogens is 358 g/mol. The van der Waals surface area contributed by atoms with Gasteiger partial charge in [0.1, 0.15) is 30.7 Å². The molecule has 2 aromatic rings. The number of carbonyl (C=O) groups excluding carboxylic acids is 1. The Labute approximate surface area is 153 Å². The Morgan fingerprint density at radius 2 is 1.96 bits per heavy atom. The lowest BCUT2D eigenvalue weighted by Crippen LogP contribution is -2.36. The summed E-state index contributed by atoms with van der Waals surface area (Å²) in [4.78, 5) is 27.7. The van der Waals surface area contributed by atoms with E-state index in [1.807, 2.05) is 18.2 Å². The van der Waals surface area contributed by atoms with E-state index in [0.717, 1.165) is 10.1 Å². The standard InChI is InChI=1S/C17H19N3O7/c21-8-11-13(22)14(23)15(27-11)20-7-6-12(18-16(20)24)19-17(25)26-9-10-4-2-1-3-5-10/h1-7,11,13-15,21-23H,8-9H2,(H,18,19,24,25). The van der Waals surface area contributed by atoms with Gasteiger partial charge in [-0.2, -0.15) is 4.98 Å². The summed E-state index contributed by atoms with van der Waals surface area (Å²) < 4.78 is 11.3. The van der Waals surface area contributed by atoms with E-state index in [4.69, 9.17) is 14.6 Å². The molecule has 1 aliphatic rings. The molecule has 1 saturated heterocycles. The van der Waals surface area contributed by atoms with E-state index in [9.17, 15) is 19.8 Å². The van der Waals surface area contributed by atoms with Crippen molar-refractivity contribution in [2.45, 2.75) is 31.1 Å². The highest BCUT2D eigenvalue weighted by Crippen LogP contribution is 2.28. The lowest BCUT2D eigenvalue weighted by atomic mass is 10.1. The summed E-state index contributed by atoms with van der Waals surface area (Å²) in [5.41, 5.74) is -0.00825. The Hall–Kier alpha value is -2.79. The summed E-state index contributed by atoms with van der Waals surface area (Å²) in [7, 11) is 0. The maximum atomic E-state index is 12.2. The topological polar surface area (TPSA) is 143 Å². The molecule has 27 heavy (non-hydrogen) atoms. The minimum absolute atomic E-state index is 0.0407. The van der Waals surface area contributed by atoms with Gasteiger partial charge < -0.3 is 24.8 Å². The van der Waals surface area contributed by atoms with E-state index in [1.165, 1.54) is 12.3 Å². The number of aliphatic hydroxyl groups excluding tert-OH is 3. The highest BCUT2D eigenvalue weighted by atomic mass is 16.6. The van der Waals surface area contributed by atoms with Crippen LogP contribution in [0.1, 0.15) is 11.8 Å². The molecule has 0 aliphatic carbocycles. The molecule has 2 heterocycles. The van der Waals surface area contributed by atoms with Gasteiger partial charge in [-0.05, 0) is 11.6 Å². The molecule has 4 atom stereocenters. The van der Waals surface area contributed by atoms with E-state index >= 15 is 0 Å². The zero-order valence-electron chi connectivity index (χ0n) is 14.1. The second-order valence-electron chi connectivity index (χ2n) is 5.92. The molecule has 144 valence electrons. The number of anilines is 1. The number of hydrogen-bond acceptors (Lipinski definition) is 8. The van der Waals surface area contributed by atoms with Crippen molar-refractivity contribution in [3.05, 3.63) is 58.6 Å². The molecule has 3 rings (SSSR count). The molecule has 0 saturated carbocycles. The van der Waals surface area contributed by atoms with Gasteiger partial charge in [0, 0.05) is 6.20 Å². The number of amides is 1. The fourth-order valence-corrected chi connectivity index (χ4v) is 2.65. The molecule has 0 radical (unpaired) electrons. The maximum Gasteiger partial charge on any atom is 0.413 e. The Morgan fingerprint density at radius 1 is 1.22 bits per heavy atom. The van der Waals surface area contributed by atoms with Crippen LogP contribution in [-0.4, -0.2) is 55.9 Å². The predicted octanol–water partition coefficient (Wildman–Crippen LogP) is -0.397. The first-order valence-electron chi connectivity index (χ1n) is 8.19. The minimum Gasteiger partial charge on any atom is -0.444 e. The quantitative estimate of drug-likeness (QED) is 0.551. The van der Waals surface area contributed by atoms with Gasteiger partial charge in [-0.1, -0.05) is 30.3 Å². The molecule has 1 fully saturated rings. The number of nitrogens with zero attached hydrogens (tertiary/aromatic N) is 2. The van der Waals surface area contributed by atoms with E-state index in [2.05, 4.69) is 10.3 Å². The highest BCUT2D eigenvalue weighted by Gasteiger charge is 2.43. The fraction of sp³-hybridized carbons (Fsp3) is 0.353. The average molecular weight is 377 g/mol. The van der Waals surface area contributed by atoms with Gasteiger partial charge in [-0.3, -0.25) is 9.88 Å². The maximum absolute atomic E-state index is 12.2. The van der Waals surface area contributed by atoms with Gasteiger partial charge >= 0.3 is 11.8 Å². The number of aliphatic hydroxyl groups is 3. The van der Waals surface area contributed by atoms with Crippen LogP contribution in [0.25, 0.3) is 0 Å². The van der Waals surface area contributed by atoms with E-state index < -0.39 is 42.9 Å². The number of carbonyl (C=O) groups is 1. The molecular formula is C17H19N3O7. The van der Waals surface area contributed by atoms with Crippen molar-refractivity contribution >= 4 is 11.9 Å². The van der Waals surface area contributed by atoms with Gasteiger partial charge in [0.15, 0.2) is 6.23 Å². The smallest absolute Gasteiger partial charge is 0.413 e.